The van der Waals surface area contributed by atoms with Crippen LogP contribution in [0.4, 0.5) is 0 Å². The largest absolute Gasteiger partial charge is 0.496 e. The molecule has 0 saturated heterocycles. The molecule has 1 aromatic carbocycles. The molecule has 17 heavy (non-hydrogen) atoms. The molecule has 0 unspecified atom stereocenters. The predicted molar refractivity (Wildman–Crippen MR) is 63.1 cm³/mol. The van der Waals surface area contributed by atoms with Crippen LogP contribution in [0.1, 0.15) is 12.5 Å². The zero-order chi connectivity index (χ0) is 12.3. The summed E-state index contributed by atoms with van der Waals surface area (Å²) in [5.41, 5.74) is 1.50. The van der Waals surface area contributed by atoms with Gasteiger partial charge >= 0.3 is 5.97 Å². The second-order valence-electron chi connectivity index (χ2n) is 3.58. The van der Waals surface area contributed by atoms with Crippen molar-refractivity contribution in [1.29, 1.82) is 0 Å². The highest BCUT2D eigenvalue weighted by molar-refractivity contribution is 5.90. The molecule has 1 aromatic heterocycles. The van der Waals surface area contributed by atoms with E-state index in [9.17, 15) is 4.79 Å². The van der Waals surface area contributed by atoms with Crippen LogP contribution in [0.2, 0.25) is 0 Å². The van der Waals surface area contributed by atoms with Crippen molar-refractivity contribution in [3.63, 3.8) is 0 Å². The standard InChI is InChI=1S/C13H14O4/c1-3-16-12(14)7-9-8-17-11-6-4-5-10(15-2)13(9)11/h4-6,8H,3,7H2,1-2H3. The lowest BCUT2D eigenvalue weighted by Crippen LogP contribution is -2.07. The fourth-order valence-corrected chi connectivity index (χ4v) is 1.79. The minimum Gasteiger partial charge on any atom is -0.496 e. The van der Waals surface area contributed by atoms with Crippen LogP contribution in [0.15, 0.2) is 28.9 Å². The number of ether oxygens (including phenoxy) is 2. The number of hydrogen-bond acceptors (Lipinski definition) is 4. The van der Waals surface area contributed by atoms with Gasteiger partial charge in [0.25, 0.3) is 0 Å². The highest BCUT2D eigenvalue weighted by Crippen LogP contribution is 2.30. The number of fused-ring (bicyclic) bond motifs is 1. The summed E-state index contributed by atoms with van der Waals surface area (Å²) in [5.74, 6) is 0.441. The Morgan fingerprint density at radius 3 is 2.94 bits per heavy atom. The van der Waals surface area contributed by atoms with Gasteiger partial charge in [0.1, 0.15) is 11.3 Å². The Labute approximate surface area is 99.1 Å². The van der Waals surface area contributed by atoms with Gasteiger partial charge in [0.2, 0.25) is 0 Å². The predicted octanol–water partition coefficient (Wildman–Crippen LogP) is 2.55. The van der Waals surface area contributed by atoms with Crippen molar-refractivity contribution >= 4 is 16.9 Å². The summed E-state index contributed by atoms with van der Waals surface area (Å²) < 4.78 is 15.6. The van der Waals surface area contributed by atoms with Crippen molar-refractivity contribution in [2.45, 2.75) is 13.3 Å². The van der Waals surface area contributed by atoms with Crippen LogP contribution in [0.25, 0.3) is 11.0 Å². The Kier molecular flexibility index (Phi) is 3.32. The van der Waals surface area contributed by atoms with Crippen molar-refractivity contribution in [3.05, 3.63) is 30.0 Å². The van der Waals surface area contributed by atoms with Gasteiger partial charge in [0.05, 0.1) is 31.8 Å². The van der Waals surface area contributed by atoms with Crippen LogP contribution >= 0.6 is 0 Å². The molecule has 0 aliphatic rings. The Morgan fingerprint density at radius 1 is 1.41 bits per heavy atom. The molecule has 0 radical (unpaired) electrons. The molecular weight excluding hydrogens is 220 g/mol. The number of methoxy groups -OCH3 is 1. The van der Waals surface area contributed by atoms with E-state index in [0.29, 0.717) is 17.9 Å². The van der Waals surface area contributed by atoms with E-state index in [2.05, 4.69) is 0 Å². The number of furan rings is 1. The topological polar surface area (TPSA) is 48.7 Å². The monoisotopic (exact) mass is 234 g/mol. The lowest BCUT2D eigenvalue weighted by molar-refractivity contribution is -0.142. The molecule has 0 atom stereocenters. The first-order valence-corrected chi connectivity index (χ1v) is 5.45. The summed E-state index contributed by atoms with van der Waals surface area (Å²) in [6, 6.07) is 5.53. The lowest BCUT2D eigenvalue weighted by atomic mass is 10.1. The van der Waals surface area contributed by atoms with E-state index in [1.807, 2.05) is 18.2 Å². The first-order chi connectivity index (χ1) is 8.26. The van der Waals surface area contributed by atoms with Gasteiger partial charge in [-0.1, -0.05) is 6.07 Å². The summed E-state index contributed by atoms with van der Waals surface area (Å²) in [6.07, 6.45) is 1.77. The highest BCUT2D eigenvalue weighted by Gasteiger charge is 2.14. The minimum absolute atomic E-state index is 0.196. The molecule has 0 spiro atoms. The maximum atomic E-state index is 11.4. The molecule has 4 heteroatoms. The number of carbonyl (C=O) groups excluding carboxylic acids is 1. The summed E-state index contributed by atoms with van der Waals surface area (Å²) in [4.78, 5) is 11.4. The molecule has 0 aliphatic heterocycles. The van der Waals surface area contributed by atoms with Crippen molar-refractivity contribution in [2.24, 2.45) is 0 Å². The van der Waals surface area contributed by atoms with Gasteiger partial charge in [0.15, 0.2) is 0 Å². The van der Waals surface area contributed by atoms with Gasteiger partial charge in [0, 0.05) is 5.56 Å². The maximum absolute atomic E-state index is 11.4. The molecule has 2 aromatic rings. The Bertz CT molecular complexity index is 527. The van der Waals surface area contributed by atoms with Gasteiger partial charge in [-0.2, -0.15) is 0 Å². The number of benzene rings is 1. The molecule has 0 bridgehead atoms. The zero-order valence-electron chi connectivity index (χ0n) is 9.86. The smallest absolute Gasteiger partial charge is 0.310 e. The summed E-state index contributed by atoms with van der Waals surface area (Å²) >= 11 is 0. The minimum atomic E-state index is -0.263. The zero-order valence-corrected chi connectivity index (χ0v) is 9.86. The van der Waals surface area contributed by atoms with Gasteiger partial charge in [-0.05, 0) is 19.1 Å². The normalized spacial score (nSPS) is 10.5. The molecule has 90 valence electrons. The van der Waals surface area contributed by atoms with Crippen molar-refractivity contribution < 1.29 is 18.7 Å². The average Bonchev–Trinajstić information content (AvgIpc) is 2.73. The number of carbonyl (C=O) groups is 1. The average molecular weight is 234 g/mol. The van der Waals surface area contributed by atoms with E-state index in [0.717, 1.165) is 10.9 Å². The highest BCUT2D eigenvalue weighted by atomic mass is 16.5. The van der Waals surface area contributed by atoms with Crippen molar-refractivity contribution in [3.8, 4) is 5.75 Å². The molecule has 0 amide bonds. The molecule has 0 saturated carbocycles. The second-order valence-corrected chi connectivity index (χ2v) is 3.58. The summed E-state index contributed by atoms with van der Waals surface area (Å²) in [7, 11) is 1.59. The molecule has 4 nitrogen and oxygen atoms in total. The van der Waals surface area contributed by atoms with Crippen LogP contribution in [0.3, 0.4) is 0 Å². The SMILES string of the molecule is CCOC(=O)Cc1coc2cccc(OC)c12. The second kappa shape index (κ2) is 4.91. The van der Waals surface area contributed by atoms with E-state index in [1.54, 1.807) is 20.3 Å². The number of hydrogen-bond donors (Lipinski definition) is 0. The van der Waals surface area contributed by atoms with Crippen LogP contribution in [-0.2, 0) is 16.0 Å². The fraction of sp³-hybridized carbons (Fsp3) is 0.308. The maximum Gasteiger partial charge on any atom is 0.310 e. The third kappa shape index (κ3) is 2.25. The molecular formula is C13H14O4. The molecule has 1 heterocycles. The van der Waals surface area contributed by atoms with Crippen LogP contribution in [0, 0.1) is 0 Å². The Hall–Kier alpha value is -1.97. The third-order valence-corrected chi connectivity index (χ3v) is 2.50. The van der Waals surface area contributed by atoms with E-state index in [4.69, 9.17) is 13.9 Å². The Morgan fingerprint density at radius 2 is 2.24 bits per heavy atom. The Balaban J connectivity index is 2.37. The molecule has 0 N–H and O–H groups in total. The quantitative estimate of drug-likeness (QED) is 0.763. The van der Waals surface area contributed by atoms with Gasteiger partial charge in [-0.15, -0.1) is 0 Å². The van der Waals surface area contributed by atoms with Gasteiger partial charge in [-0.3, -0.25) is 4.79 Å². The van der Waals surface area contributed by atoms with Crippen LogP contribution in [-0.4, -0.2) is 19.7 Å². The van der Waals surface area contributed by atoms with Crippen molar-refractivity contribution in [1.82, 2.24) is 0 Å². The molecule has 2 rings (SSSR count). The lowest BCUT2D eigenvalue weighted by Gasteiger charge is -2.03. The third-order valence-electron chi connectivity index (χ3n) is 2.50. The fourth-order valence-electron chi connectivity index (χ4n) is 1.79. The van der Waals surface area contributed by atoms with E-state index in [1.165, 1.54) is 0 Å². The summed E-state index contributed by atoms with van der Waals surface area (Å²) in [5, 5.41) is 0.836. The van der Waals surface area contributed by atoms with Gasteiger partial charge in [-0.25, -0.2) is 0 Å². The van der Waals surface area contributed by atoms with Gasteiger partial charge < -0.3 is 13.9 Å². The number of esters is 1. The first kappa shape index (κ1) is 11.5. The van der Waals surface area contributed by atoms with E-state index in [-0.39, 0.29) is 12.4 Å². The van der Waals surface area contributed by atoms with E-state index >= 15 is 0 Å². The van der Waals surface area contributed by atoms with E-state index < -0.39 is 0 Å². The molecule has 0 aliphatic carbocycles. The summed E-state index contributed by atoms with van der Waals surface area (Å²) in [6.45, 7) is 2.16. The number of rotatable bonds is 4. The van der Waals surface area contributed by atoms with Crippen LogP contribution in [0.5, 0.6) is 5.75 Å². The molecule has 0 fully saturated rings. The first-order valence-electron chi connectivity index (χ1n) is 5.45. The van der Waals surface area contributed by atoms with Crippen LogP contribution < -0.4 is 4.74 Å². The van der Waals surface area contributed by atoms with Crippen molar-refractivity contribution in [2.75, 3.05) is 13.7 Å².